The van der Waals surface area contributed by atoms with E-state index >= 15 is 0 Å². The zero-order valence-electron chi connectivity index (χ0n) is 11.4. The van der Waals surface area contributed by atoms with Crippen molar-refractivity contribution in [1.82, 2.24) is 19.9 Å². The van der Waals surface area contributed by atoms with E-state index in [0.717, 1.165) is 17.9 Å². The summed E-state index contributed by atoms with van der Waals surface area (Å²) >= 11 is 6.02. The number of fused-ring (bicyclic) bond motifs is 1. The van der Waals surface area contributed by atoms with E-state index in [1.54, 1.807) is 6.33 Å². The number of aromatic nitrogens is 4. The van der Waals surface area contributed by atoms with E-state index in [1.807, 2.05) is 0 Å². The molecule has 0 aliphatic carbocycles. The average Bonchev–Trinajstić information content (AvgIpc) is 2.80. The molecule has 3 heterocycles. The molecule has 0 saturated carbocycles. The molecule has 2 aromatic rings. The molecule has 3 rings (SSSR count). The topological polar surface area (TPSA) is 57.7 Å². The molecule has 0 radical (unpaired) electrons. The van der Waals surface area contributed by atoms with Gasteiger partial charge in [-0.2, -0.15) is 9.97 Å². The van der Waals surface area contributed by atoms with Crippen molar-refractivity contribution in [2.75, 3.05) is 11.4 Å². The van der Waals surface area contributed by atoms with Crippen LogP contribution in [0.25, 0.3) is 11.2 Å². The minimum absolute atomic E-state index is 0.257. The molecule has 1 aliphatic rings. The molecule has 2 aromatic heterocycles. The first-order chi connectivity index (χ1) is 9.06. The second kappa shape index (κ2) is 4.63. The van der Waals surface area contributed by atoms with Crippen LogP contribution < -0.4 is 4.90 Å². The summed E-state index contributed by atoms with van der Waals surface area (Å²) in [6.07, 6.45) is 2.89. The number of anilines is 1. The van der Waals surface area contributed by atoms with Gasteiger partial charge in [0.2, 0.25) is 5.28 Å². The average molecular weight is 280 g/mol. The molecule has 3 unspecified atom stereocenters. The summed E-state index contributed by atoms with van der Waals surface area (Å²) in [5, 5.41) is 0.257. The molecule has 1 fully saturated rings. The molecule has 1 aliphatic heterocycles. The molecule has 1 saturated heterocycles. The van der Waals surface area contributed by atoms with Crippen LogP contribution >= 0.6 is 11.6 Å². The SMILES string of the molecule is CC1CC(C)C(C)N(c2nc(Cl)nc3nc[nH]c23)C1. The molecule has 102 valence electrons. The molecule has 0 amide bonds. The van der Waals surface area contributed by atoms with E-state index in [-0.39, 0.29) is 5.28 Å². The fraction of sp³-hybridized carbons (Fsp3) is 0.615. The number of nitrogens with one attached hydrogen (secondary N) is 1. The van der Waals surface area contributed by atoms with Crippen LogP contribution in [0.2, 0.25) is 5.28 Å². The molecule has 6 heteroatoms. The lowest BCUT2D eigenvalue weighted by atomic mass is 9.86. The molecule has 0 spiro atoms. The van der Waals surface area contributed by atoms with E-state index in [4.69, 9.17) is 11.6 Å². The molecular weight excluding hydrogens is 262 g/mol. The fourth-order valence-corrected chi connectivity index (χ4v) is 3.15. The predicted octanol–water partition coefficient (Wildman–Crippen LogP) is 2.88. The monoisotopic (exact) mass is 279 g/mol. The molecule has 5 nitrogen and oxygen atoms in total. The van der Waals surface area contributed by atoms with Gasteiger partial charge in [0.15, 0.2) is 11.5 Å². The van der Waals surface area contributed by atoms with Crippen LogP contribution in [0.15, 0.2) is 6.33 Å². The molecule has 0 bridgehead atoms. The van der Waals surface area contributed by atoms with Gasteiger partial charge in [0, 0.05) is 12.6 Å². The van der Waals surface area contributed by atoms with Crippen molar-refractivity contribution >= 4 is 28.6 Å². The van der Waals surface area contributed by atoms with Crippen molar-refractivity contribution in [2.45, 2.75) is 33.2 Å². The standard InChI is InChI=1S/C13H18ClN5/c1-7-4-8(2)9(3)19(5-7)12-10-11(16-6-15-10)17-13(14)18-12/h6-9H,4-5H2,1-3H3,(H,15,16,17,18). The van der Waals surface area contributed by atoms with E-state index in [0.29, 0.717) is 23.5 Å². The van der Waals surface area contributed by atoms with Gasteiger partial charge in [-0.25, -0.2) is 4.98 Å². The fourth-order valence-electron chi connectivity index (χ4n) is 2.99. The van der Waals surface area contributed by atoms with Gasteiger partial charge < -0.3 is 9.88 Å². The highest BCUT2D eigenvalue weighted by atomic mass is 35.5. The second-order valence-electron chi connectivity index (χ2n) is 5.63. The van der Waals surface area contributed by atoms with Gasteiger partial charge in [0.25, 0.3) is 0 Å². The quantitative estimate of drug-likeness (QED) is 0.816. The third-order valence-corrected chi connectivity index (χ3v) is 4.28. The summed E-state index contributed by atoms with van der Waals surface area (Å²) in [7, 11) is 0. The molecule has 1 N–H and O–H groups in total. The Kier molecular flexibility index (Phi) is 3.09. The first kappa shape index (κ1) is 12.7. The summed E-state index contributed by atoms with van der Waals surface area (Å²) in [4.78, 5) is 18.2. The van der Waals surface area contributed by atoms with Crippen LogP contribution in [0.5, 0.6) is 0 Å². The maximum atomic E-state index is 6.02. The Morgan fingerprint density at radius 1 is 1.32 bits per heavy atom. The highest BCUT2D eigenvalue weighted by molar-refractivity contribution is 6.28. The van der Waals surface area contributed by atoms with Gasteiger partial charge in [-0.05, 0) is 36.8 Å². The number of hydrogen-bond acceptors (Lipinski definition) is 4. The predicted molar refractivity (Wildman–Crippen MR) is 76.4 cm³/mol. The number of aromatic amines is 1. The number of H-pyrrole nitrogens is 1. The first-order valence-corrected chi connectivity index (χ1v) is 7.07. The highest BCUT2D eigenvalue weighted by Crippen LogP contribution is 2.33. The van der Waals surface area contributed by atoms with Gasteiger partial charge in [0.05, 0.1) is 6.33 Å². The smallest absolute Gasteiger partial charge is 0.226 e. The van der Waals surface area contributed by atoms with Gasteiger partial charge >= 0.3 is 0 Å². The van der Waals surface area contributed by atoms with Crippen molar-refractivity contribution in [3.63, 3.8) is 0 Å². The van der Waals surface area contributed by atoms with Crippen LogP contribution in [-0.4, -0.2) is 32.5 Å². The Hall–Kier alpha value is -1.36. The number of halogens is 1. The third-order valence-electron chi connectivity index (χ3n) is 4.11. The van der Waals surface area contributed by atoms with Crippen molar-refractivity contribution in [3.05, 3.63) is 11.6 Å². The number of nitrogens with zero attached hydrogens (tertiary/aromatic N) is 4. The lowest BCUT2D eigenvalue weighted by Gasteiger charge is -2.41. The largest absolute Gasteiger partial charge is 0.351 e. The minimum atomic E-state index is 0.257. The van der Waals surface area contributed by atoms with E-state index in [9.17, 15) is 0 Å². The summed E-state index contributed by atoms with van der Waals surface area (Å²) in [5.41, 5.74) is 1.51. The maximum Gasteiger partial charge on any atom is 0.226 e. The van der Waals surface area contributed by atoms with Gasteiger partial charge in [-0.3, -0.25) is 0 Å². The summed E-state index contributed by atoms with van der Waals surface area (Å²) in [5.74, 6) is 2.16. The summed E-state index contributed by atoms with van der Waals surface area (Å²) in [6, 6.07) is 0.439. The summed E-state index contributed by atoms with van der Waals surface area (Å²) in [6.45, 7) is 7.81. The Bertz CT molecular complexity index is 596. The highest BCUT2D eigenvalue weighted by Gasteiger charge is 2.31. The molecule has 0 aromatic carbocycles. The zero-order chi connectivity index (χ0) is 13.6. The lowest BCUT2D eigenvalue weighted by Crippen LogP contribution is -2.46. The minimum Gasteiger partial charge on any atom is -0.351 e. The van der Waals surface area contributed by atoms with Crippen LogP contribution in [-0.2, 0) is 0 Å². The Morgan fingerprint density at radius 2 is 2.11 bits per heavy atom. The van der Waals surface area contributed by atoms with Crippen molar-refractivity contribution in [2.24, 2.45) is 11.8 Å². The molecule has 3 atom stereocenters. The van der Waals surface area contributed by atoms with Crippen molar-refractivity contribution < 1.29 is 0 Å². The van der Waals surface area contributed by atoms with Crippen LogP contribution in [0.3, 0.4) is 0 Å². The lowest BCUT2D eigenvalue weighted by molar-refractivity contribution is 0.296. The zero-order valence-corrected chi connectivity index (χ0v) is 12.1. The summed E-state index contributed by atoms with van der Waals surface area (Å²) < 4.78 is 0. The normalized spacial score (nSPS) is 28.0. The van der Waals surface area contributed by atoms with E-state index in [2.05, 4.69) is 45.6 Å². The third kappa shape index (κ3) is 2.16. The number of rotatable bonds is 1. The van der Waals surface area contributed by atoms with E-state index < -0.39 is 0 Å². The van der Waals surface area contributed by atoms with E-state index in [1.165, 1.54) is 6.42 Å². The number of imidazole rings is 1. The Labute approximate surface area is 117 Å². The van der Waals surface area contributed by atoms with Crippen LogP contribution in [0.4, 0.5) is 5.82 Å². The van der Waals surface area contributed by atoms with Crippen molar-refractivity contribution in [1.29, 1.82) is 0 Å². The van der Waals surface area contributed by atoms with Gasteiger partial charge in [-0.1, -0.05) is 13.8 Å². The van der Waals surface area contributed by atoms with Gasteiger partial charge in [0.1, 0.15) is 5.52 Å². The number of piperidine rings is 1. The molecular formula is C13H18ClN5. The Balaban J connectivity index is 2.09. The maximum absolute atomic E-state index is 6.02. The second-order valence-corrected chi connectivity index (χ2v) is 5.97. The van der Waals surface area contributed by atoms with Gasteiger partial charge in [-0.15, -0.1) is 0 Å². The number of hydrogen-bond donors (Lipinski definition) is 1. The first-order valence-electron chi connectivity index (χ1n) is 6.69. The van der Waals surface area contributed by atoms with Crippen molar-refractivity contribution in [3.8, 4) is 0 Å². The van der Waals surface area contributed by atoms with Crippen LogP contribution in [0.1, 0.15) is 27.2 Å². The van der Waals surface area contributed by atoms with Crippen LogP contribution in [0, 0.1) is 11.8 Å². The Morgan fingerprint density at radius 3 is 2.89 bits per heavy atom. The molecule has 19 heavy (non-hydrogen) atoms.